The summed E-state index contributed by atoms with van der Waals surface area (Å²) in [7, 11) is 1.68. The fourth-order valence-electron chi connectivity index (χ4n) is 0.997. The Hall–Kier alpha value is -0.760. The van der Waals surface area contributed by atoms with Crippen LogP contribution >= 0.6 is 15.9 Å². The van der Waals surface area contributed by atoms with Crippen LogP contribution in [0.4, 0.5) is 0 Å². The van der Waals surface area contributed by atoms with Crippen molar-refractivity contribution in [2.24, 2.45) is 0 Å². The van der Waals surface area contributed by atoms with Crippen LogP contribution in [0.3, 0.4) is 0 Å². The molecule has 0 aliphatic heterocycles. The van der Waals surface area contributed by atoms with Gasteiger partial charge in [0, 0.05) is 5.33 Å². The number of hydrogen-bond acceptors (Lipinski definition) is 1. The summed E-state index contributed by atoms with van der Waals surface area (Å²) in [5.41, 5.74) is 1.21. The van der Waals surface area contributed by atoms with Crippen LogP contribution in [0.15, 0.2) is 30.3 Å². The number of ether oxygens (including phenoxy) is 1. The Labute approximate surface area is 87.5 Å². The third kappa shape index (κ3) is 3.64. The summed E-state index contributed by atoms with van der Waals surface area (Å²) in [4.78, 5) is 0. The molecule has 0 radical (unpaired) electrons. The van der Waals surface area contributed by atoms with Crippen molar-refractivity contribution in [3.8, 4) is 5.75 Å². The molecule has 1 aromatic rings. The van der Waals surface area contributed by atoms with E-state index in [0.29, 0.717) is 0 Å². The highest BCUT2D eigenvalue weighted by molar-refractivity contribution is 9.09. The Kier molecular flexibility index (Phi) is 4.61. The first-order valence-electron chi connectivity index (χ1n) is 4.23. The summed E-state index contributed by atoms with van der Waals surface area (Å²) < 4.78 is 5.06. The van der Waals surface area contributed by atoms with Gasteiger partial charge in [0.15, 0.2) is 0 Å². The van der Waals surface area contributed by atoms with E-state index in [-0.39, 0.29) is 0 Å². The van der Waals surface area contributed by atoms with Crippen molar-refractivity contribution < 1.29 is 4.74 Å². The zero-order valence-corrected chi connectivity index (χ0v) is 9.25. The molecule has 1 nitrogen and oxygen atoms in total. The van der Waals surface area contributed by atoms with Gasteiger partial charge < -0.3 is 4.74 Å². The highest BCUT2D eigenvalue weighted by atomic mass is 79.9. The van der Waals surface area contributed by atoms with Gasteiger partial charge in [0.25, 0.3) is 0 Å². The normalized spacial score (nSPS) is 10.6. The Balaban J connectivity index is 2.58. The van der Waals surface area contributed by atoms with Crippen LogP contribution in [0, 0.1) is 0 Å². The van der Waals surface area contributed by atoms with Crippen molar-refractivity contribution in [2.75, 3.05) is 12.4 Å². The first kappa shape index (κ1) is 10.3. The highest BCUT2D eigenvalue weighted by Gasteiger charge is 1.88. The predicted molar refractivity (Wildman–Crippen MR) is 60.4 cm³/mol. The molecule has 0 spiro atoms. The summed E-state index contributed by atoms with van der Waals surface area (Å²) in [5.74, 6) is 0.901. The van der Waals surface area contributed by atoms with Crippen molar-refractivity contribution in [1.82, 2.24) is 0 Å². The Morgan fingerprint density at radius 1 is 1.31 bits per heavy atom. The molecule has 0 saturated carbocycles. The van der Waals surface area contributed by atoms with Gasteiger partial charge in [-0.1, -0.05) is 40.2 Å². The van der Waals surface area contributed by atoms with Gasteiger partial charge in [0.1, 0.15) is 5.75 Å². The molecule has 2 heteroatoms. The molecular weight excluding hydrogens is 228 g/mol. The molecule has 0 fully saturated rings. The van der Waals surface area contributed by atoms with Crippen LogP contribution in [-0.4, -0.2) is 12.4 Å². The topological polar surface area (TPSA) is 9.23 Å². The zero-order chi connectivity index (χ0) is 9.52. The zero-order valence-electron chi connectivity index (χ0n) is 7.66. The molecule has 0 atom stereocenters. The van der Waals surface area contributed by atoms with Gasteiger partial charge in [-0.2, -0.15) is 0 Å². The monoisotopic (exact) mass is 240 g/mol. The fraction of sp³-hybridized carbons (Fsp3) is 0.273. The molecule has 0 aliphatic rings. The van der Waals surface area contributed by atoms with E-state index in [1.165, 1.54) is 5.56 Å². The molecule has 1 rings (SSSR count). The lowest BCUT2D eigenvalue weighted by molar-refractivity contribution is 0.415. The van der Waals surface area contributed by atoms with Crippen molar-refractivity contribution in [3.63, 3.8) is 0 Å². The molecule has 13 heavy (non-hydrogen) atoms. The van der Waals surface area contributed by atoms with Gasteiger partial charge in [-0.05, 0) is 24.1 Å². The van der Waals surface area contributed by atoms with Crippen LogP contribution in [0.2, 0.25) is 0 Å². The molecule has 70 valence electrons. The van der Waals surface area contributed by atoms with Gasteiger partial charge in [-0.25, -0.2) is 0 Å². The first-order valence-corrected chi connectivity index (χ1v) is 5.35. The van der Waals surface area contributed by atoms with Crippen LogP contribution in [0.1, 0.15) is 12.0 Å². The maximum absolute atomic E-state index is 5.06. The molecule has 0 bridgehead atoms. The third-order valence-electron chi connectivity index (χ3n) is 1.70. The summed E-state index contributed by atoms with van der Waals surface area (Å²) >= 11 is 3.37. The van der Waals surface area contributed by atoms with E-state index in [4.69, 9.17) is 4.74 Å². The minimum absolute atomic E-state index is 0.901. The molecule has 0 N–H and O–H groups in total. The molecule has 0 aromatic heterocycles. The minimum atomic E-state index is 0.901. The van der Waals surface area contributed by atoms with E-state index in [0.717, 1.165) is 17.5 Å². The largest absolute Gasteiger partial charge is 0.497 e. The van der Waals surface area contributed by atoms with E-state index >= 15 is 0 Å². The average molecular weight is 241 g/mol. The molecule has 0 heterocycles. The molecule has 0 amide bonds. The Morgan fingerprint density at radius 3 is 2.54 bits per heavy atom. The van der Waals surface area contributed by atoms with Gasteiger partial charge in [0.05, 0.1) is 7.11 Å². The smallest absolute Gasteiger partial charge is 0.118 e. The lowest BCUT2D eigenvalue weighted by atomic mass is 10.2. The highest BCUT2D eigenvalue weighted by Crippen LogP contribution is 2.12. The average Bonchev–Trinajstić information content (AvgIpc) is 2.19. The number of halogens is 1. The van der Waals surface area contributed by atoms with Crippen LogP contribution in [-0.2, 0) is 0 Å². The van der Waals surface area contributed by atoms with E-state index in [9.17, 15) is 0 Å². The van der Waals surface area contributed by atoms with Crippen molar-refractivity contribution in [1.29, 1.82) is 0 Å². The molecule has 0 saturated heterocycles. The third-order valence-corrected chi connectivity index (χ3v) is 2.16. The number of alkyl halides is 1. The number of hydrogen-bond donors (Lipinski definition) is 0. The summed E-state index contributed by atoms with van der Waals surface area (Å²) in [6, 6.07) is 8.02. The van der Waals surface area contributed by atoms with Crippen molar-refractivity contribution >= 4 is 22.0 Å². The maximum atomic E-state index is 5.06. The molecule has 0 aliphatic carbocycles. The second kappa shape index (κ2) is 5.81. The van der Waals surface area contributed by atoms with Crippen LogP contribution in [0.25, 0.3) is 6.08 Å². The second-order valence-electron chi connectivity index (χ2n) is 2.65. The number of benzene rings is 1. The van der Waals surface area contributed by atoms with E-state index < -0.39 is 0 Å². The molecule has 0 unspecified atom stereocenters. The summed E-state index contributed by atoms with van der Waals surface area (Å²) in [6.45, 7) is 0. The predicted octanol–water partition coefficient (Wildman–Crippen LogP) is 3.49. The maximum Gasteiger partial charge on any atom is 0.118 e. The standard InChI is InChI=1S/C11H13BrO/c1-13-11-7-5-10(6-8-11)4-2-3-9-12/h2,4-8H,3,9H2,1H3/b4-2+. The van der Waals surface area contributed by atoms with Crippen LogP contribution in [0.5, 0.6) is 5.75 Å². The van der Waals surface area contributed by atoms with Gasteiger partial charge in [-0.3, -0.25) is 0 Å². The quantitative estimate of drug-likeness (QED) is 0.733. The minimum Gasteiger partial charge on any atom is -0.497 e. The Morgan fingerprint density at radius 2 is 2.00 bits per heavy atom. The van der Waals surface area contributed by atoms with E-state index in [1.807, 2.05) is 24.3 Å². The van der Waals surface area contributed by atoms with Gasteiger partial charge in [0.2, 0.25) is 0 Å². The molecule has 1 aromatic carbocycles. The first-order chi connectivity index (χ1) is 6.36. The lowest BCUT2D eigenvalue weighted by Gasteiger charge is -1.98. The molecular formula is C11H13BrO. The second-order valence-corrected chi connectivity index (χ2v) is 3.45. The SMILES string of the molecule is COc1ccc(/C=C/CCBr)cc1. The van der Waals surface area contributed by atoms with E-state index in [2.05, 4.69) is 28.1 Å². The van der Waals surface area contributed by atoms with Crippen LogP contribution < -0.4 is 4.74 Å². The summed E-state index contributed by atoms with van der Waals surface area (Å²) in [5, 5.41) is 1.01. The number of methoxy groups -OCH3 is 1. The van der Waals surface area contributed by atoms with Crippen molar-refractivity contribution in [2.45, 2.75) is 6.42 Å². The lowest BCUT2D eigenvalue weighted by Crippen LogP contribution is -1.81. The number of allylic oxidation sites excluding steroid dienone is 1. The van der Waals surface area contributed by atoms with Gasteiger partial charge >= 0.3 is 0 Å². The van der Waals surface area contributed by atoms with E-state index in [1.54, 1.807) is 7.11 Å². The Bertz CT molecular complexity index is 264. The van der Waals surface area contributed by atoms with Gasteiger partial charge in [-0.15, -0.1) is 0 Å². The number of rotatable bonds is 4. The van der Waals surface area contributed by atoms with Crippen molar-refractivity contribution in [3.05, 3.63) is 35.9 Å². The summed E-state index contributed by atoms with van der Waals surface area (Å²) in [6.07, 6.45) is 5.32. The fourth-order valence-corrected chi connectivity index (χ4v) is 1.26.